The fourth-order valence-electron chi connectivity index (χ4n) is 0.833. The molecule has 0 amide bonds. The Labute approximate surface area is 104 Å². The van der Waals surface area contributed by atoms with Gasteiger partial charge in [-0.05, 0) is 19.1 Å². The molecule has 88 valence electrons. The molecule has 7 heteroatoms. The van der Waals surface area contributed by atoms with Gasteiger partial charge in [0.25, 0.3) is 10.0 Å². The Morgan fingerprint density at radius 3 is 2.38 bits per heavy atom. The summed E-state index contributed by atoms with van der Waals surface area (Å²) >= 11 is 11.0. The van der Waals surface area contributed by atoms with Gasteiger partial charge in [-0.15, -0.1) is 0 Å². The van der Waals surface area contributed by atoms with E-state index in [1.807, 2.05) is 4.83 Å². The Bertz CT molecular complexity index is 472. The predicted molar refractivity (Wildman–Crippen MR) is 65.4 cm³/mol. The number of hydrogen-bond acceptors (Lipinski definition) is 3. The lowest BCUT2D eigenvalue weighted by Crippen LogP contribution is -2.21. The number of halogens is 2. The minimum Gasteiger partial charge on any atom is -0.200 e. The first kappa shape index (κ1) is 13.3. The van der Waals surface area contributed by atoms with Crippen molar-refractivity contribution in [2.24, 2.45) is 5.10 Å². The maximum atomic E-state index is 11.7. The van der Waals surface area contributed by atoms with Crippen molar-refractivity contribution in [1.82, 2.24) is 4.83 Å². The summed E-state index contributed by atoms with van der Waals surface area (Å²) in [5.41, 5.74) is 0.280. The second-order valence-corrected chi connectivity index (χ2v) is 5.72. The summed E-state index contributed by atoms with van der Waals surface area (Å²) in [5.74, 6) is 0. The molecule has 1 aromatic carbocycles. The zero-order valence-electron chi connectivity index (χ0n) is 8.39. The second-order valence-electron chi connectivity index (χ2n) is 2.96. The smallest absolute Gasteiger partial charge is 0.200 e. The molecule has 0 aromatic heterocycles. The van der Waals surface area contributed by atoms with Gasteiger partial charge in [0.1, 0.15) is 4.84 Å². The van der Waals surface area contributed by atoms with Crippen LogP contribution < -0.4 is 4.83 Å². The van der Waals surface area contributed by atoms with Gasteiger partial charge >= 0.3 is 0 Å². The number of hydrazone groups is 1. The van der Waals surface area contributed by atoms with Crippen LogP contribution in [0.3, 0.4) is 0 Å². The van der Waals surface area contributed by atoms with Gasteiger partial charge in [-0.25, -0.2) is 4.83 Å². The quantitative estimate of drug-likeness (QED) is 0.522. The van der Waals surface area contributed by atoms with E-state index in [2.05, 4.69) is 5.10 Å². The maximum Gasteiger partial charge on any atom is 0.276 e. The molecule has 0 unspecified atom stereocenters. The van der Waals surface area contributed by atoms with E-state index in [1.165, 1.54) is 19.1 Å². The van der Waals surface area contributed by atoms with E-state index in [9.17, 15) is 8.42 Å². The van der Waals surface area contributed by atoms with E-state index in [4.69, 9.17) is 23.2 Å². The van der Waals surface area contributed by atoms with E-state index in [1.54, 1.807) is 18.2 Å². The van der Waals surface area contributed by atoms with Crippen LogP contribution in [0.15, 0.2) is 40.3 Å². The fraction of sp³-hybridized carbons (Fsp3) is 0.222. The van der Waals surface area contributed by atoms with E-state index in [0.29, 0.717) is 0 Å². The average molecular weight is 281 g/mol. The molecule has 1 aromatic rings. The zero-order chi connectivity index (χ0) is 12.2. The summed E-state index contributed by atoms with van der Waals surface area (Å²) in [6, 6.07) is 7.90. The highest BCUT2D eigenvalue weighted by atomic mass is 35.5. The molecule has 16 heavy (non-hydrogen) atoms. The molecule has 0 aliphatic carbocycles. The number of benzene rings is 1. The van der Waals surface area contributed by atoms with E-state index in [0.717, 1.165) is 0 Å². The SMILES string of the molecule is CC(=NNS(=O)(=O)c1ccccc1)C(Cl)Cl. The standard InChI is InChI=1S/C9H10Cl2N2O2S/c1-7(9(10)11)12-13-16(14,15)8-5-3-2-4-6-8/h2-6,9,13H,1H3. The van der Waals surface area contributed by atoms with E-state index < -0.39 is 14.9 Å². The number of hydrogen-bond donors (Lipinski definition) is 1. The van der Waals surface area contributed by atoms with Crippen LogP contribution in [-0.2, 0) is 10.0 Å². The Morgan fingerprint density at radius 2 is 1.88 bits per heavy atom. The minimum absolute atomic E-state index is 0.132. The van der Waals surface area contributed by atoms with Gasteiger partial charge in [0.15, 0.2) is 0 Å². The second kappa shape index (κ2) is 5.52. The Morgan fingerprint density at radius 1 is 1.31 bits per heavy atom. The molecular formula is C9H10Cl2N2O2S. The van der Waals surface area contributed by atoms with Crippen molar-refractivity contribution in [3.05, 3.63) is 30.3 Å². The van der Waals surface area contributed by atoms with Crippen molar-refractivity contribution in [1.29, 1.82) is 0 Å². The van der Waals surface area contributed by atoms with Gasteiger partial charge in [-0.3, -0.25) is 0 Å². The maximum absolute atomic E-state index is 11.7. The highest BCUT2D eigenvalue weighted by Crippen LogP contribution is 2.08. The lowest BCUT2D eigenvalue weighted by molar-refractivity contribution is 0.584. The summed E-state index contributed by atoms with van der Waals surface area (Å²) < 4.78 is 23.3. The van der Waals surface area contributed by atoms with Crippen molar-refractivity contribution in [2.75, 3.05) is 0 Å². The van der Waals surface area contributed by atoms with Crippen molar-refractivity contribution in [2.45, 2.75) is 16.7 Å². The topological polar surface area (TPSA) is 58.5 Å². The molecule has 1 N–H and O–H groups in total. The number of sulfonamides is 1. The molecule has 0 heterocycles. The average Bonchev–Trinajstić information content (AvgIpc) is 2.27. The van der Waals surface area contributed by atoms with Crippen molar-refractivity contribution < 1.29 is 8.42 Å². The summed E-state index contributed by atoms with van der Waals surface area (Å²) in [4.78, 5) is 1.34. The fourth-order valence-corrected chi connectivity index (χ4v) is 1.82. The van der Waals surface area contributed by atoms with E-state index in [-0.39, 0.29) is 10.6 Å². The van der Waals surface area contributed by atoms with Gasteiger partial charge in [-0.2, -0.15) is 13.5 Å². The summed E-state index contributed by atoms with van der Waals surface area (Å²) in [6.45, 7) is 1.53. The Hall–Kier alpha value is -0.780. The van der Waals surface area contributed by atoms with Crippen molar-refractivity contribution in [3.8, 4) is 0 Å². The Balaban J connectivity index is 2.86. The minimum atomic E-state index is -3.64. The molecular weight excluding hydrogens is 271 g/mol. The molecule has 4 nitrogen and oxygen atoms in total. The highest BCUT2D eigenvalue weighted by molar-refractivity contribution is 7.89. The van der Waals surface area contributed by atoms with Gasteiger partial charge < -0.3 is 0 Å². The van der Waals surface area contributed by atoms with Gasteiger partial charge in [0.2, 0.25) is 0 Å². The normalized spacial score (nSPS) is 12.9. The zero-order valence-corrected chi connectivity index (χ0v) is 10.7. The largest absolute Gasteiger partial charge is 0.276 e. The first-order valence-electron chi connectivity index (χ1n) is 4.32. The molecule has 0 aliphatic rings. The van der Waals surface area contributed by atoms with Crippen LogP contribution in [0.2, 0.25) is 0 Å². The van der Waals surface area contributed by atoms with Crippen LogP contribution in [0.25, 0.3) is 0 Å². The van der Waals surface area contributed by atoms with Crippen LogP contribution in [0, 0.1) is 0 Å². The first-order valence-corrected chi connectivity index (χ1v) is 6.68. The molecule has 0 atom stereocenters. The molecule has 0 aliphatic heterocycles. The lowest BCUT2D eigenvalue weighted by atomic mass is 10.4. The third-order valence-corrected chi connectivity index (χ3v) is 3.57. The van der Waals surface area contributed by atoms with Gasteiger partial charge in [0.05, 0.1) is 10.6 Å². The first-order chi connectivity index (χ1) is 7.43. The summed E-state index contributed by atoms with van der Waals surface area (Å²) in [5, 5.41) is 3.59. The molecule has 0 bridgehead atoms. The number of alkyl halides is 2. The van der Waals surface area contributed by atoms with Crippen LogP contribution >= 0.6 is 23.2 Å². The molecule has 0 fully saturated rings. The third-order valence-electron chi connectivity index (χ3n) is 1.71. The number of nitrogens with zero attached hydrogens (tertiary/aromatic N) is 1. The van der Waals surface area contributed by atoms with Crippen LogP contribution in [0.1, 0.15) is 6.92 Å². The van der Waals surface area contributed by atoms with E-state index >= 15 is 0 Å². The molecule has 1 rings (SSSR count). The molecule has 0 spiro atoms. The van der Waals surface area contributed by atoms with Gasteiger partial charge in [0, 0.05) is 0 Å². The Kier molecular flexibility index (Phi) is 4.58. The summed E-state index contributed by atoms with van der Waals surface area (Å²) in [6.07, 6.45) is 0. The highest BCUT2D eigenvalue weighted by Gasteiger charge is 2.12. The predicted octanol–water partition coefficient (Wildman–Crippen LogP) is 2.14. The van der Waals surface area contributed by atoms with Crippen molar-refractivity contribution >= 4 is 38.9 Å². The lowest BCUT2D eigenvalue weighted by Gasteiger charge is -2.04. The van der Waals surface area contributed by atoms with Crippen LogP contribution in [-0.4, -0.2) is 19.0 Å². The number of nitrogens with one attached hydrogen (secondary N) is 1. The molecule has 0 saturated heterocycles. The molecule has 0 radical (unpaired) electrons. The van der Waals surface area contributed by atoms with Crippen LogP contribution in [0.4, 0.5) is 0 Å². The third kappa shape index (κ3) is 3.66. The monoisotopic (exact) mass is 280 g/mol. The van der Waals surface area contributed by atoms with Gasteiger partial charge in [-0.1, -0.05) is 41.4 Å². The number of rotatable bonds is 4. The summed E-state index contributed by atoms with van der Waals surface area (Å²) in [7, 11) is -3.64. The molecule has 0 saturated carbocycles. The van der Waals surface area contributed by atoms with Crippen molar-refractivity contribution in [3.63, 3.8) is 0 Å². The van der Waals surface area contributed by atoms with Crippen LogP contribution in [0.5, 0.6) is 0 Å².